The van der Waals surface area contributed by atoms with Crippen molar-refractivity contribution in [3.05, 3.63) is 0 Å². The molecule has 2 unspecified atom stereocenters. The Bertz CT molecular complexity index is 339. The molecule has 0 aromatic carbocycles. The fraction of sp³-hybridized carbons (Fsp3) is 0.941. The Kier molecular flexibility index (Phi) is 6.06. The van der Waals surface area contributed by atoms with Crippen LogP contribution in [0, 0.1) is 11.8 Å². The van der Waals surface area contributed by atoms with Crippen molar-refractivity contribution >= 4 is 5.97 Å². The molecule has 2 rings (SSSR count). The lowest BCUT2D eigenvalue weighted by Gasteiger charge is -2.33. The summed E-state index contributed by atoms with van der Waals surface area (Å²) < 4.78 is 6.02. The third-order valence-corrected chi connectivity index (χ3v) is 5.48. The van der Waals surface area contributed by atoms with Gasteiger partial charge in [-0.1, -0.05) is 20.3 Å². The molecule has 2 atom stereocenters. The van der Waals surface area contributed by atoms with Crippen LogP contribution in [0.2, 0.25) is 0 Å². The van der Waals surface area contributed by atoms with Crippen molar-refractivity contribution < 1.29 is 14.6 Å². The monoisotopic (exact) mass is 297 g/mol. The molecule has 0 aromatic heterocycles. The summed E-state index contributed by atoms with van der Waals surface area (Å²) in [5.74, 6) is 0.365. The number of aliphatic carboxylic acids is 1. The molecule has 0 aliphatic heterocycles. The summed E-state index contributed by atoms with van der Waals surface area (Å²) in [5.41, 5.74) is -0.709. The average Bonchev–Trinajstić information content (AvgIpc) is 2.86. The van der Waals surface area contributed by atoms with Gasteiger partial charge in [0, 0.05) is 6.61 Å². The summed E-state index contributed by atoms with van der Waals surface area (Å²) >= 11 is 0. The molecule has 0 aromatic rings. The van der Waals surface area contributed by atoms with E-state index in [1.54, 1.807) is 0 Å². The highest BCUT2D eigenvalue weighted by molar-refractivity contribution is 5.79. The number of rotatable bonds is 7. The predicted molar refractivity (Wildman–Crippen MR) is 83.4 cm³/mol. The van der Waals surface area contributed by atoms with Crippen LogP contribution in [-0.2, 0) is 9.53 Å². The normalized spacial score (nSPS) is 36.8. The van der Waals surface area contributed by atoms with Crippen molar-refractivity contribution in [2.45, 2.75) is 76.9 Å². The highest BCUT2D eigenvalue weighted by Gasteiger charge is 2.48. The fourth-order valence-electron chi connectivity index (χ4n) is 4.15. The Hall–Kier alpha value is -0.610. The van der Waals surface area contributed by atoms with Crippen molar-refractivity contribution in [1.82, 2.24) is 5.32 Å². The quantitative estimate of drug-likeness (QED) is 0.757. The molecular formula is C17H31NO3. The second kappa shape index (κ2) is 7.59. The third-order valence-electron chi connectivity index (χ3n) is 5.48. The first-order valence-corrected chi connectivity index (χ1v) is 8.68. The topological polar surface area (TPSA) is 58.6 Å². The van der Waals surface area contributed by atoms with E-state index < -0.39 is 11.5 Å². The summed E-state index contributed by atoms with van der Waals surface area (Å²) in [6.45, 7) is 5.72. The third kappa shape index (κ3) is 3.98. The molecule has 4 heteroatoms. The van der Waals surface area contributed by atoms with Crippen molar-refractivity contribution in [3.63, 3.8) is 0 Å². The van der Waals surface area contributed by atoms with Crippen LogP contribution in [0.3, 0.4) is 0 Å². The fourth-order valence-corrected chi connectivity index (χ4v) is 4.15. The maximum absolute atomic E-state index is 11.7. The summed E-state index contributed by atoms with van der Waals surface area (Å²) in [7, 11) is 0. The van der Waals surface area contributed by atoms with E-state index in [1.165, 1.54) is 25.7 Å². The van der Waals surface area contributed by atoms with Gasteiger partial charge in [0.1, 0.15) is 5.54 Å². The number of nitrogens with one attached hydrogen (secondary N) is 1. The molecule has 2 N–H and O–H groups in total. The van der Waals surface area contributed by atoms with Gasteiger partial charge in [0.05, 0.1) is 6.10 Å². The van der Waals surface area contributed by atoms with Gasteiger partial charge < -0.3 is 15.2 Å². The lowest BCUT2D eigenvalue weighted by atomic mass is 9.84. The van der Waals surface area contributed by atoms with E-state index in [4.69, 9.17) is 4.74 Å². The zero-order valence-corrected chi connectivity index (χ0v) is 13.6. The highest BCUT2D eigenvalue weighted by atomic mass is 16.5. The van der Waals surface area contributed by atoms with E-state index in [0.29, 0.717) is 19.3 Å². The number of hydrogen-bond donors (Lipinski definition) is 2. The first kappa shape index (κ1) is 16.8. The van der Waals surface area contributed by atoms with Crippen LogP contribution in [-0.4, -0.2) is 35.9 Å². The number of ether oxygens (including phenoxy) is 1. The second-order valence-corrected chi connectivity index (χ2v) is 6.94. The summed E-state index contributed by atoms with van der Waals surface area (Å²) in [6, 6.07) is 0. The van der Waals surface area contributed by atoms with E-state index in [-0.39, 0.29) is 5.92 Å². The van der Waals surface area contributed by atoms with Gasteiger partial charge in [0.15, 0.2) is 0 Å². The van der Waals surface area contributed by atoms with Crippen LogP contribution < -0.4 is 5.32 Å². The maximum atomic E-state index is 11.7. The van der Waals surface area contributed by atoms with E-state index in [1.807, 2.05) is 6.92 Å². The second-order valence-electron chi connectivity index (χ2n) is 6.94. The first-order chi connectivity index (χ1) is 10.1. The minimum absolute atomic E-state index is 0.206. The van der Waals surface area contributed by atoms with Crippen LogP contribution in [0.4, 0.5) is 0 Å². The molecule has 2 aliphatic carbocycles. The minimum atomic E-state index is -0.709. The van der Waals surface area contributed by atoms with Gasteiger partial charge >= 0.3 is 5.97 Å². The van der Waals surface area contributed by atoms with Crippen molar-refractivity contribution in [1.29, 1.82) is 0 Å². The van der Waals surface area contributed by atoms with Gasteiger partial charge in [0.2, 0.25) is 0 Å². The van der Waals surface area contributed by atoms with Crippen LogP contribution in [0.1, 0.15) is 65.2 Å². The Labute approximate surface area is 128 Å². The molecule has 2 saturated carbocycles. The number of hydrogen-bond acceptors (Lipinski definition) is 3. The van der Waals surface area contributed by atoms with Crippen molar-refractivity contribution in [2.75, 3.05) is 13.2 Å². The summed E-state index contributed by atoms with van der Waals surface area (Å²) in [5, 5.41) is 12.9. The molecule has 0 amide bonds. The maximum Gasteiger partial charge on any atom is 0.324 e. The van der Waals surface area contributed by atoms with Gasteiger partial charge in [-0.3, -0.25) is 4.79 Å². The molecule has 122 valence electrons. The lowest BCUT2D eigenvalue weighted by Crippen LogP contribution is -2.55. The van der Waals surface area contributed by atoms with Gasteiger partial charge in [-0.05, 0) is 63.3 Å². The van der Waals surface area contributed by atoms with Gasteiger partial charge in [-0.25, -0.2) is 0 Å². The SMILES string of the molecule is CCNC1(C(=O)O)CCCC1CCOC1CCC(C)CC1. The smallest absolute Gasteiger partial charge is 0.324 e. The van der Waals surface area contributed by atoms with Crippen LogP contribution in [0.15, 0.2) is 0 Å². The number of carbonyl (C=O) groups is 1. The Balaban J connectivity index is 1.80. The zero-order valence-electron chi connectivity index (χ0n) is 13.6. The molecule has 0 bridgehead atoms. The van der Waals surface area contributed by atoms with Crippen LogP contribution >= 0.6 is 0 Å². The van der Waals surface area contributed by atoms with E-state index in [9.17, 15) is 9.90 Å². The molecule has 0 spiro atoms. The average molecular weight is 297 g/mol. The Morgan fingerprint density at radius 1 is 1.29 bits per heavy atom. The number of carboxylic acids is 1. The van der Waals surface area contributed by atoms with Gasteiger partial charge in [0.25, 0.3) is 0 Å². The van der Waals surface area contributed by atoms with E-state index in [0.717, 1.165) is 31.6 Å². The van der Waals surface area contributed by atoms with Crippen LogP contribution in [0.25, 0.3) is 0 Å². The Morgan fingerprint density at radius 3 is 2.62 bits per heavy atom. The van der Waals surface area contributed by atoms with E-state index >= 15 is 0 Å². The molecule has 0 saturated heterocycles. The molecule has 2 aliphatic rings. The zero-order chi connectivity index (χ0) is 15.3. The summed E-state index contributed by atoms with van der Waals surface area (Å²) in [6.07, 6.45) is 8.91. The first-order valence-electron chi connectivity index (χ1n) is 8.68. The molecule has 0 heterocycles. The van der Waals surface area contributed by atoms with Gasteiger partial charge in [-0.15, -0.1) is 0 Å². The highest BCUT2D eigenvalue weighted by Crippen LogP contribution is 2.38. The standard InChI is InChI=1S/C17H31NO3/c1-3-18-17(16(19)20)11-4-5-14(17)10-12-21-15-8-6-13(2)7-9-15/h13-15,18H,3-12H2,1-2H3,(H,19,20). The molecule has 4 nitrogen and oxygen atoms in total. The molecule has 0 radical (unpaired) electrons. The lowest BCUT2D eigenvalue weighted by molar-refractivity contribution is -0.147. The van der Waals surface area contributed by atoms with Crippen LogP contribution in [0.5, 0.6) is 0 Å². The number of carboxylic acid groups (broad SMARTS) is 1. The minimum Gasteiger partial charge on any atom is -0.480 e. The largest absolute Gasteiger partial charge is 0.480 e. The van der Waals surface area contributed by atoms with Gasteiger partial charge in [-0.2, -0.15) is 0 Å². The van der Waals surface area contributed by atoms with E-state index in [2.05, 4.69) is 12.2 Å². The molecule has 2 fully saturated rings. The Morgan fingerprint density at radius 2 is 2.00 bits per heavy atom. The molecule has 21 heavy (non-hydrogen) atoms. The molecular weight excluding hydrogens is 266 g/mol. The van der Waals surface area contributed by atoms with Crippen molar-refractivity contribution in [3.8, 4) is 0 Å². The number of likely N-dealkylation sites (N-methyl/N-ethyl adjacent to an activating group) is 1. The predicted octanol–water partition coefficient (Wildman–Crippen LogP) is 3.20. The summed E-state index contributed by atoms with van der Waals surface area (Å²) in [4.78, 5) is 11.7. The van der Waals surface area contributed by atoms with Crippen molar-refractivity contribution in [2.24, 2.45) is 11.8 Å².